The molecule has 2 aliphatic rings. The van der Waals surface area contributed by atoms with E-state index in [1.807, 2.05) is 0 Å². The first kappa shape index (κ1) is 9.10. The molecule has 0 saturated heterocycles. The number of rotatable bonds is 1. The summed E-state index contributed by atoms with van der Waals surface area (Å²) in [5, 5.41) is 14.0. The fourth-order valence-corrected chi connectivity index (χ4v) is 1.000. The molecule has 0 unspecified atom stereocenters. The zero-order valence-corrected chi connectivity index (χ0v) is 7.15. The van der Waals surface area contributed by atoms with E-state index in [4.69, 9.17) is 10.0 Å². The Labute approximate surface area is 72.6 Å². The van der Waals surface area contributed by atoms with Gasteiger partial charge in [0.25, 0.3) is 0 Å². The summed E-state index contributed by atoms with van der Waals surface area (Å²) in [4.78, 5) is 2.12. The Morgan fingerprint density at radius 1 is 1.08 bits per heavy atom. The Hall–Kier alpha value is -0.995. The van der Waals surface area contributed by atoms with Crippen molar-refractivity contribution in [2.45, 2.75) is 0 Å². The molecule has 2 aliphatic carbocycles. The predicted molar refractivity (Wildman–Crippen MR) is 50.0 cm³/mol. The maximum absolute atomic E-state index is 7.00. The summed E-state index contributed by atoms with van der Waals surface area (Å²) in [7, 11) is 4.13. The number of benzene rings is 1. The standard InChI is InChI=1S/C8H9N.BH2O2/c1-9(2)8-4-6-3-7(6)5-8;2-1-3/h3-5H,1-2H3;2-3H. The molecule has 0 spiro atoms. The second kappa shape index (κ2) is 3.60. The molecule has 0 aliphatic heterocycles. The summed E-state index contributed by atoms with van der Waals surface area (Å²) in [6.07, 6.45) is 0. The lowest BCUT2D eigenvalue weighted by molar-refractivity contribution is 0.448. The Morgan fingerprint density at radius 3 is 1.75 bits per heavy atom. The minimum atomic E-state index is 0. The Balaban J connectivity index is 0.000000213. The normalized spacial score (nSPS) is 9.67. The van der Waals surface area contributed by atoms with E-state index in [1.54, 1.807) is 0 Å². The molecule has 0 atom stereocenters. The van der Waals surface area contributed by atoms with E-state index in [1.165, 1.54) is 16.8 Å². The molecule has 0 aromatic heterocycles. The van der Waals surface area contributed by atoms with E-state index >= 15 is 0 Å². The second-order valence-corrected chi connectivity index (χ2v) is 2.78. The van der Waals surface area contributed by atoms with Crippen molar-refractivity contribution in [2.24, 2.45) is 0 Å². The molecule has 1 radical (unpaired) electrons. The van der Waals surface area contributed by atoms with Crippen molar-refractivity contribution in [2.75, 3.05) is 19.0 Å². The number of nitrogens with zero attached hydrogens (tertiary/aromatic N) is 1. The number of hydrogen-bond donors (Lipinski definition) is 2. The van der Waals surface area contributed by atoms with Gasteiger partial charge in [0.2, 0.25) is 0 Å². The molecule has 12 heavy (non-hydrogen) atoms. The summed E-state index contributed by atoms with van der Waals surface area (Å²) < 4.78 is 0. The summed E-state index contributed by atoms with van der Waals surface area (Å²) in [6.45, 7) is 0. The van der Waals surface area contributed by atoms with Crippen LogP contribution in [0.2, 0.25) is 0 Å². The van der Waals surface area contributed by atoms with Gasteiger partial charge in [-0.05, 0) is 29.3 Å². The van der Waals surface area contributed by atoms with Gasteiger partial charge in [0.1, 0.15) is 0 Å². The van der Waals surface area contributed by atoms with Crippen molar-refractivity contribution in [3.8, 4) is 11.1 Å². The fourth-order valence-electron chi connectivity index (χ4n) is 1.000. The van der Waals surface area contributed by atoms with Crippen molar-refractivity contribution in [3.05, 3.63) is 18.2 Å². The van der Waals surface area contributed by atoms with Gasteiger partial charge in [0.15, 0.2) is 0 Å². The van der Waals surface area contributed by atoms with E-state index in [9.17, 15) is 0 Å². The predicted octanol–water partition coefficient (Wildman–Crippen LogP) is 0.238. The number of fused-ring (bicyclic) bond motifs is 1. The molecule has 0 aromatic rings. The molecule has 0 bridgehead atoms. The number of anilines is 1. The first-order chi connectivity index (χ1) is 5.69. The minimum absolute atomic E-state index is 0. The highest BCUT2D eigenvalue weighted by molar-refractivity contribution is 6.13. The van der Waals surface area contributed by atoms with Crippen LogP contribution in [0.5, 0.6) is 0 Å². The van der Waals surface area contributed by atoms with E-state index in [-0.39, 0.29) is 7.69 Å². The van der Waals surface area contributed by atoms with E-state index in [0.717, 1.165) is 0 Å². The van der Waals surface area contributed by atoms with Gasteiger partial charge in [-0.25, -0.2) is 0 Å². The molecule has 0 fully saturated rings. The highest BCUT2D eigenvalue weighted by Crippen LogP contribution is 2.39. The third-order valence-electron chi connectivity index (χ3n) is 1.68. The smallest absolute Gasteiger partial charge is 0.429 e. The molecule has 0 amide bonds. The molecule has 4 heteroatoms. The van der Waals surface area contributed by atoms with Crippen molar-refractivity contribution < 1.29 is 10.0 Å². The van der Waals surface area contributed by atoms with Crippen LogP contribution < -0.4 is 4.90 Å². The van der Waals surface area contributed by atoms with Crippen LogP contribution in [-0.4, -0.2) is 31.8 Å². The van der Waals surface area contributed by atoms with Gasteiger partial charge >= 0.3 is 7.69 Å². The maximum atomic E-state index is 7.00. The Morgan fingerprint density at radius 2 is 1.50 bits per heavy atom. The topological polar surface area (TPSA) is 43.7 Å². The maximum Gasteiger partial charge on any atom is 0.482 e. The zero-order chi connectivity index (χ0) is 9.14. The highest BCUT2D eigenvalue weighted by Gasteiger charge is 2.14. The Kier molecular flexibility index (Phi) is 2.73. The van der Waals surface area contributed by atoms with E-state index < -0.39 is 0 Å². The third kappa shape index (κ3) is 2.00. The summed E-state index contributed by atoms with van der Waals surface area (Å²) in [6, 6.07) is 6.59. The average Bonchev–Trinajstić information content (AvgIpc) is 2.60. The SMILES string of the molecule is CN(C)c1cc2cc-2c1.O[B]O. The molecule has 3 nitrogen and oxygen atoms in total. The van der Waals surface area contributed by atoms with Crippen LogP contribution in [0.15, 0.2) is 18.2 Å². The quantitative estimate of drug-likeness (QED) is 0.593. The van der Waals surface area contributed by atoms with Gasteiger partial charge in [-0.15, -0.1) is 0 Å². The second-order valence-electron chi connectivity index (χ2n) is 2.78. The minimum Gasteiger partial charge on any atom is -0.429 e. The highest BCUT2D eigenvalue weighted by atomic mass is 16.4. The fraction of sp³-hybridized carbons (Fsp3) is 0.250. The van der Waals surface area contributed by atoms with Crippen LogP contribution in [-0.2, 0) is 0 Å². The van der Waals surface area contributed by atoms with Gasteiger partial charge in [-0.1, -0.05) is 0 Å². The lowest BCUT2D eigenvalue weighted by Crippen LogP contribution is -2.06. The van der Waals surface area contributed by atoms with E-state index in [2.05, 4.69) is 37.2 Å². The van der Waals surface area contributed by atoms with Crippen molar-refractivity contribution in [3.63, 3.8) is 0 Å². The zero-order valence-electron chi connectivity index (χ0n) is 7.15. The number of hydrogen-bond acceptors (Lipinski definition) is 3. The first-order valence-corrected chi connectivity index (χ1v) is 3.62. The van der Waals surface area contributed by atoms with Crippen molar-refractivity contribution in [1.29, 1.82) is 0 Å². The lowest BCUT2D eigenvalue weighted by Gasteiger charge is -2.07. The molecule has 63 valence electrons. The van der Waals surface area contributed by atoms with Crippen LogP contribution in [0, 0.1) is 0 Å². The monoisotopic (exact) mass is 164 g/mol. The molecular formula is C8H11BNO2. The van der Waals surface area contributed by atoms with Crippen LogP contribution >= 0.6 is 0 Å². The average molecular weight is 164 g/mol. The first-order valence-electron chi connectivity index (χ1n) is 3.62. The molecule has 0 aromatic carbocycles. The van der Waals surface area contributed by atoms with Crippen LogP contribution in [0.1, 0.15) is 0 Å². The summed E-state index contributed by atoms with van der Waals surface area (Å²) >= 11 is 0. The lowest BCUT2D eigenvalue weighted by atomic mass is 10.4. The van der Waals surface area contributed by atoms with E-state index in [0.29, 0.717) is 0 Å². The van der Waals surface area contributed by atoms with Crippen LogP contribution in [0.4, 0.5) is 5.69 Å². The molecule has 0 heterocycles. The van der Waals surface area contributed by atoms with Gasteiger partial charge in [0, 0.05) is 19.8 Å². The molecule has 2 N–H and O–H groups in total. The third-order valence-corrected chi connectivity index (χ3v) is 1.68. The Bertz CT molecular complexity index is 256. The van der Waals surface area contributed by atoms with Gasteiger partial charge in [0.05, 0.1) is 0 Å². The largest absolute Gasteiger partial charge is 0.482 e. The van der Waals surface area contributed by atoms with Crippen LogP contribution in [0.3, 0.4) is 0 Å². The molecular weight excluding hydrogens is 153 g/mol. The van der Waals surface area contributed by atoms with Crippen molar-refractivity contribution >= 4 is 13.4 Å². The molecule has 2 rings (SSSR count). The summed E-state index contributed by atoms with van der Waals surface area (Å²) in [5.41, 5.74) is 4.15. The summed E-state index contributed by atoms with van der Waals surface area (Å²) in [5.74, 6) is 0. The van der Waals surface area contributed by atoms with Crippen molar-refractivity contribution in [1.82, 2.24) is 0 Å². The van der Waals surface area contributed by atoms with Crippen LogP contribution in [0.25, 0.3) is 11.1 Å². The van der Waals surface area contributed by atoms with Gasteiger partial charge < -0.3 is 14.9 Å². The van der Waals surface area contributed by atoms with Gasteiger partial charge in [-0.3, -0.25) is 0 Å². The van der Waals surface area contributed by atoms with Gasteiger partial charge in [-0.2, -0.15) is 0 Å². The molecule has 0 saturated carbocycles.